The molecule has 7 nitrogen and oxygen atoms in total. The van der Waals surface area contributed by atoms with Gasteiger partial charge in [0.2, 0.25) is 0 Å². The minimum absolute atomic E-state index is 0.354. The lowest BCUT2D eigenvalue weighted by molar-refractivity contribution is -0.0317. The fourth-order valence-electron chi connectivity index (χ4n) is 2.54. The number of hydrogen-bond donors (Lipinski definition) is 1. The lowest BCUT2D eigenvalue weighted by Gasteiger charge is -2.25. The average Bonchev–Trinajstić information content (AvgIpc) is 3.12. The molecule has 21 heavy (non-hydrogen) atoms. The number of aromatic nitrogens is 4. The van der Waals surface area contributed by atoms with Crippen molar-refractivity contribution in [2.45, 2.75) is 25.5 Å². The zero-order valence-electron chi connectivity index (χ0n) is 12.2. The largest absolute Gasteiger partial charge is 0.399 e. The van der Waals surface area contributed by atoms with Crippen molar-refractivity contribution in [3.63, 3.8) is 0 Å². The van der Waals surface area contributed by atoms with Crippen molar-refractivity contribution in [2.75, 3.05) is 26.1 Å². The van der Waals surface area contributed by atoms with Crippen molar-refractivity contribution in [1.82, 2.24) is 20.2 Å². The molecule has 2 aromatic rings. The van der Waals surface area contributed by atoms with Crippen LogP contribution in [-0.4, -0.2) is 46.1 Å². The SMILES string of the molecule is COC1(Cn2nnnc2-c2ccc(N)c(C)c2)CCOC1. The van der Waals surface area contributed by atoms with E-state index in [0.29, 0.717) is 25.6 Å². The Kier molecular flexibility index (Phi) is 3.60. The van der Waals surface area contributed by atoms with E-state index in [0.717, 1.165) is 23.2 Å². The van der Waals surface area contributed by atoms with Gasteiger partial charge in [-0.05, 0) is 41.1 Å². The summed E-state index contributed by atoms with van der Waals surface area (Å²) in [5.41, 5.74) is 8.21. The molecule has 0 amide bonds. The summed E-state index contributed by atoms with van der Waals surface area (Å²) in [4.78, 5) is 0. The summed E-state index contributed by atoms with van der Waals surface area (Å²) in [6.07, 6.45) is 0.837. The van der Waals surface area contributed by atoms with Crippen LogP contribution < -0.4 is 5.73 Å². The van der Waals surface area contributed by atoms with E-state index in [4.69, 9.17) is 15.2 Å². The molecule has 1 unspecified atom stereocenters. The summed E-state index contributed by atoms with van der Waals surface area (Å²) < 4.78 is 12.9. The van der Waals surface area contributed by atoms with Gasteiger partial charge < -0.3 is 15.2 Å². The van der Waals surface area contributed by atoms with Gasteiger partial charge in [0.25, 0.3) is 0 Å². The fourth-order valence-corrected chi connectivity index (χ4v) is 2.54. The minimum Gasteiger partial charge on any atom is -0.399 e. The monoisotopic (exact) mass is 289 g/mol. The Morgan fingerprint density at radius 3 is 3.00 bits per heavy atom. The van der Waals surface area contributed by atoms with Gasteiger partial charge in [-0.15, -0.1) is 5.10 Å². The number of nitrogens with two attached hydrogens (primary N) is 1. The van der Waals surface area contributed by atoms with Crippen molar-refractivity contribution in [3.05, 3.63) is 23.8 Å². The van der Waals surface area contributed by atoms with Crippen LogP contribution in [0.3, 0.4) is 0 Å². The summed E-state index contributed by atoms with van der Waals surface area (Å²) in [6.45, 7) is 3.79. The van der Waals surface area contributed by atoms with Crippen molar-refractivity contribution in [2.24, 2.45) is 0 Å². The number of anilines is 1. The summed E-state index contributed by atoms with van der Waals surface area (Å²) in [6, 6.07) is 5.78. The molecule has 0 aliphatic carbocycles. The van der Waals surface area contributed by atoms with Crippen LogP contribution in [0, 0.1) is 6.92 Å². The van der Waals surface area contributed by atoms with Gasteiger partial charge in [0, 0.05) is 31.4 Å². The highest BCUT2D eigenvalue weighted by molar-refractivity contribution is 5.61. The van der Waals surface area contributed by atoms with E-state index in [-0.39, 0.29) is 5.60 Å². The van der Waals surface area contributed by atoms with Gasteiger partial charge >= 0.3 is 0 Å². The predicted molar refractivity (Wildman–Crippen MR) is 77.6 cm³/mol. The van der Waals surface area contributed by atoms with Gasteiger partial charge in [0.15, 0.2) is 5.82 Å². The molecule has 3 rings (SSSR count). The van der Waals surface area contributed by atoms with Crippen LogP contribution in [0.2, 0.25) is 0 Å². The third-order valence-corrected chi connectivity index (χ3v) is 4.00. The van der Waals surface area contributed by atoms with Crippen molar-refractivity contribution in [3.8, 4) is 11.4 Å². The van der Waals surface area contributed by atoms with E-state index in [1.54, 1.807) is 11.8 Å². The number of tetrazole rings is 1. The zero-order chi connectivity index (χ0) is 14.9. The van der Waals surface area contributed by atoms with Crippen LogP contribution in [0.25, 0.3) is 11.4 Å². The Hall–Kier alpha value is -1.99. The third kappa shape index (κ3) is 2.62. The number of rotatable bonds is 4. The first-order chi connectivity index (χ1) is 10.1. The topological polar surface area (TPSA) is 88.1 Å². The standard InChI is InChI=1S/C14H19N5O2/c1-10-7-11(3-4-12(10)15)13-16-17-18-19(13)8-14(20-2)5-6-21-9-14/h3-4,7H,5-6,8-9,15H2,1-2H3. The van der Waals surface area contributed by atoms with Crippen LogP contribution in [0.1, 0.15) is 12.0 Å². The lowest BCUT2D eigenvalue weighted by Crippen LogP contribution is -2.37. The predicted octanol–water partition coefficient (Wildman–Crippen LogP) is 1.04. The number of ether oxygens (including phenoxy) is 2. The molecule has 1 aliphatic rings. The summed E-state index contributed by atoms with van der Waals surface area (Å²) in [7, 11) is 1.70. The normalized spacial score (nSPS) is 21.8. The van der Waals surface area contributed by atoms with Crippen molar-refractivity contribution < 1.29 is 9.47 Å². The zero-order valence-corrected chi connectivity index (χ0v) is 12.2. The Morgan fingerprint density at radius 2 is 2.33 bits per heavy atom. The molecule has 0 bridgehead atoms. The van der Waals surface area contributed by atoms with Gasteiger partial charge in [-0.2, -0.15) is 0 Å². The maximum Gasteiger partial charge on any atom is 0.182 e. The molecule has 1 aromatic heterocycles. The second-order valence-electron chi connectivity index (χ2n) is 5.42. The van der Waals surface area contributed by atoms with Gasteiger partial charge in [-0.1, -0.05) is 0 Å². The first-order valence-corrected chi connectivity index (χ1v) is 6.89. The molecule has 0 radical (unpaired) electrons. The second-order valence-corrected chi connectivity index (χ2v) is 5.42. The Labute approximate surface area is 123 Å². The number of nitrogen functional groups attached to an aromatic ring is 1. The summed E-state index contributed by atoms with van der Waals surface area (Å²) in [5.74, 6) is 0.710. The van der Waals surface area contributed by atoms with Gasteiger partial charge in [0.05, 0.1) is 13.2 Å². The van der Waals surface area contributed by atoms with Gasteiger partial charge in [-0.3, -0.25) is 0 Å². The van der Waals surface area contributed by atoms with Crippen LogP contribution in [-0.2, 0) is 16.0 Å². The quantitative estimate of drug-likeness (QED) is 0.846. The van der Waals surface area contributed by atoms with E-state index in [2.05, 4.69) is 15.5 Å². The van der Waals surface area contributed by atoms with E-state index >= 15 is 0 Å². The van der Waals surface area contributed by atoms with Crippen LogP contribution in [0.5, 0.6) is 0 Å². The number of hydrogen-bond acceptors (Lipinski definition) is 6. The van der Waals surface area contributed by atoms with E-state index in [9.17, 15) is 0 Å². The maximum atomic E-state index is 5.86. The lowest BCUT2D eigenvalue weighted by atomic mass is 10.0. The molecule has 1 fully saturated rings. The summed E-state index contributed by atoms with van der Waals surface area (Å²) >= 11 is 0. The van der Waals surface area contributed by atoms with Crippen LogP contribution >= 0.6 is 0 Å². The number of nitrogens with zero attached hydrogens (tertiary/aromatic N) is 4. The Balaban J connectivity index is 1.91. The average molecular weight is 289 g/mol. The molecule has 0 spiro atoms. The Bertz CT molecular complexity index is 634. The van der Waals surface area contributed by atoms with Crippen molar-refractivity contribution in [1.29, 1.82) is 0 Å². The molecular weight excluding hydrogens is 270 g/mol. The molecule has 1 saturated heterocycles. The van der Waals surface area contributed by atoms with E-state index < -0.39 is 0 Å². The molecule has 112 valence electrons. The maximum absolute atomic E-state index is 5.86. The van der Waals surface area contributed by atoms with Crippen LogP contribution in [0.15, 0.2) is 18.2 Å². The smallest absolute Gasteiger partial charge is 0.182 e. The van der Waals surface area contributed by atoms with E-state index in [1.807, 2.05) is 25.1 Å². The molecule has 7 heteroatoms. The molecular formula is C14H19N5O2. The van der Waals surface area contributed by atoms with Gasteiger partial charge in [-0.25, -0.2) is 4.68 Å². The molecule has 0 saturated carbocycles. The van der Waals surface area contributed by atoms with Gasteiger partial charge in [0.1, 0.15) is 5.60 Å². The van der Waals surface area contributed by atoms with E-state index in [1.165, 1.54) is 0 Å². The highest BCUT2D eigenvalue weighted by Crippen LogP contribution is 2.27. The third-order valence-electron chi connectivity index (χ3n) is 4.00. The molecule has 1 aliphatic heterocycles. The highest BCUT2D eigenvalue weighted by Gasteiger charge is 2.36. The van der Waals surface area contributed by atoms with Crippen molar-refractivity contribution >= 4 is 5.69 Å². The fraction of sp³-hybridized carbons (Fsp3) is 0.500. The number of aryl methyl sites for hydroxylation is 1. The Morgan fingerprint density at radius 1 is 1.48 bits per heavy atom. The highest BCUT2D eigenvalue weighted by atomic mass is 16.5. The minimum atomic E-state index is -0.354. The number of methoxy groups -OCH3 is 1. The molecule has 2 N–H and O–H groups in total. The molecule has 1 aromatic carbocycles. The first-order valence-electron chi connectivity index (χ1n) is 6.89. The second kappa shape index (κ2) is 5.42. The first kappa shape index (κ1) is 14.0. The van der Waals surface area contributed by atoms with Crippen LogP contribution in [0.4, 0.5) is 5.69 Å². The number of benzene rings is 1. The summed E-state index contributed by atoms with van der Waals surface area (Å²) in [5, 5.41) is 12.0. The molecule has 1 atom stereocenters. The molecule has 2 heterocycles.